The molecule has 0 bridgehead atoms. The molecule has 2 aromatic rings. The maximum Gasteiger partial charge on any atom is 0.174 e. The molecule has 0 N–H and O–H groups in total. The molecule has 1 aliphatic rings. The average Bonchev–Trinajstić information content (AvgIpc) is 2.46. The zero-order valence-corrected chi connectivity index (χ0v) is 11.1. The van der Waals surface area contributed by atoms with Crippen molar-refractivity contribution in [2.45, 2.75) is 19.8 Å². The fraction of sp³-hybridized carbons (Fsp3) is 0.400. The van der Waals surface area contributed by atoms with Crippen molar-refractivity contribution >= 4 is 10.9 Å². The number of halogens is 1. The van der Waals surface area contributed by atoms with Crippen LogP contribution in [0.1, 0.15) is 18.9 Å². The number of rotatable bonds is 2. The highest BCUT2D eigenvalue weighted by Gasteiger charge is 2.24. The van der Waals surface area contributed by atoms with Crippen molar-refractivity contribution in [2.75, 3.05) is 13.7 Å². The van der Waals surface area contributed by atoms with E-state index in [1.807, 2.05) is 0 Å². The third kappa shape index (κ3) is 1.91. The van der Waals surface area contributed by atoms with E-state index in [0.717, 1.165) is 18.4 Å². The lowest BCUT2D eigenvalue weighted by Gasteiger charge is -2.25. The molecule has 1 atom stereocenters. The second kappa shape index (κ2) is 4.68. The highest BCUT2D eigenvalue weighted by Crippen LogP contribution is 2.36. The van der Waals surface area contributed by atoms with Crippen molar-refractivity contribution in [3.05, 3.63) is 29.7 Å². The Hall–Kier alpha value is -1.84. The second-order valence-corrected chi connectivity index (χ2v) is 4.87. The SMILES string of the molecule is CCC1COc2cnc3ccc(OC)c(F)c3c2C1. The fourth-order valence-corrected chi connectivity index (χ4v) is 2.57. The Morgan fingerprint density at radius 3 is 3.05 bits per heavy atom. The first-order valence-corrected chi connectivity index (χ1v) is 6.51. The largest absolute Gasteiger partial charge is 0.494 e. The molecular formula is C15H16FNO2. The molecule has 0 amide bonds. The molecule has 0 radical (unpaired) electrons. The Kier molecular flexibility index (Phi) is 3.01. The van der Waals surface area contributed by atoms with Gasteiger partial charge >= 0.3 is 0 Å². The van der Waals surface area contributed by atoms with Crippen molar-refractivity contribution < 1.29 is 13.9 Å². The van der Waals surface area contributed by atoms with E-state index in [0.29, 0.717) is 29.2 Å². The minimum Gasteiger partial charge on any atom is -0.494 e. The Morgan fingerprint density at radius 1 is 1.47 bits per heavy atom. The normalized spacial score (nSPS) is 17.9. The molecule has 19 heavy (non-hydrogen) atoms. The van der Waals surface area contributed by atoms with Crippen LogP contribution in [0.5, 0.6) is 11.5 Å². The number of fused-ring (bicyclic) bond motifs is 3. The summed E-state index contributed by atoms with van der Waals surface area (Å²) in [5.41, 5.74) is 1.57. The predicted molar refractivity (Wildman–Crippen MR) is 71.2 cm³/mol. The molecule has 3 nitrogen and oxygen atoms in total. The van der Waals surface area contributed by atoms with Crippen LogP contribution in [0.25, 0.3) is 10.9 Å². The van der Waals surface area contributed by atoms with Crippen molar-refractivity contribution in [3.8, 4) is 11.5 Å². The zero-order chi connectivity index (χ0) is 13.4. The summed E-state index contributed by atoms with van der Waals surface area (Å²) in [6.07, 6.45) is 3.54. The molecule has 2 heterocycles. The summed E-state index contributed by atoms with van der Waals surface area (Å²) in [4.78, 5) is 4.26. The number of benzene rings is 1. The summed E-state index contributed by atoms with van der Waals surface area (Å²) in [6, 6.07) is 3.39. The van der Waals surface area contributed by atoms with Gasteiger partial charge in [0.1, 0.15) is 5.75 Å². The Bertz CT molecular complexity index is 622. The molecule has 4 heteroatoms. The first-order chi connectivity index (χ1) is 9.24. The Labute approximate surface area is 111 Å². The Balaban J connectivity index is 2.25. The summed E-state index contributed by atoms with van der Waals surface area (Å²) >= 11 is 0. The lowest BCUT2D eigenvalue weighted by molar-refractivity contribution is 0.218. The van der Waals surface area contributed by atoms with Crippen molar-refractivity contribution in [3.63, 3.8) is 0 Å². The highest BCUT2D eigenvalue weighted by molar-refractivity contribution is 5.86. The van der Waals surface area contributed by atoms with E-state index in [1.165, 1.54) is 7.11 Å². The molecule has 0 fully saturated rings. The van der Waals surface area contributed by atoms with Gasteiger partial charge in [-0.25, -0.2) is 4.39 Å². The summed E-state index contributed by atoms with van der Waals surface area (Å²) < 4.78 is 25.2. The average molecular weight is 261 g/mol. The van der Waals surface area contributed by atoms with Crippen LogP contribution < -0.4 is 9.47 Å². The van der Waals surface area contributed by atoms with E-state index < -0.39 is 0 Å². The number of ether oxygens (including phenoxy) is 2. The van der Waals surface area contributed by atoms with Gasteiger partial charge < -0.3 is 9.47 Å². The molecule has 0 spiro atoms. The van der Waals surface area contributed by atoms with E-state index in [-0.39, 0.29) is 11.6 Å². The molecule has 1 unspecified atom stereocenters. The van der Waals surface area contributed by atoms with Gasteiger partial charge in [0.2, 0.25) is 0 Å². The van der Waals surface area contributed by atoms with Gasteiger partial charge in [0, 0.05) is 10.9 Å². The van der Waals surface area contributed by atoms with E-state index in [9.17, 15) is 4.39 Å². The number of pyridine rings is 1. The summed E-state index contributed by atoms with van der Waals surface area (Å²) in [7, 11) is 1.47. The van der Waals surface area contributed by atoms with Crippen molar-refractivity contribution in [1.82, 2.24) is 4.98 Å². The van der Waals surface area contributed by atoms with E-state index in [4.69, 9.17) is 9.47 Å². The van der Waals surface area contributed by atoms with Crippen molar-refractivity contribution in [2.24, 2.45) is 5.92 Å². The number of aromatic nitrogens is 1. The standard InChI is InChI=1S/C15H16FNO2/c1-3-9-6-10-13(19-8-9)7-17-11-4-5-12(18-2)15(16)14(10)11/h4-5,7,9H,3,6,8H2,1-2H3. The molecule has 0 aliphatic carbocycles. The molecular weight excluding hydrogens is 245 g/mol. The molecule has 1 aromatic heterocycles. The van der Waals surface area contributed by atoms with Gasteiger partial charge in [-0.3, -0.25) is 4.98 Å². The quantitative estimate of drug-likeness (QED) is 0.830. The predicted octanol–water partition coefficient (Wildman–Crippen LogP) is 3.34. The maximum absolute atomic E-state index is 14.5. The van der Waals surface area contributed by atoms with Gasteiger partial charge in [0.15, 0.2) is 11.6 Å². The molecule has 100 valence electrons. The van der Waals surface area contributed by atoms with Gasteiger partial charge in [-0.15, -0.1) is 0 Å². The van der Waals surface area contributed by atoms with Gasteiger partial charge in [-0.05, 0) is 30.9 Å². The van der Waals surface area contributed by atoms with Crippen LogP contribution in [0.3, 0.4) is 0 Å². The van der Waals surface area contributed by atoms with Crippen LogP contribution in [0.2, 0.25) is 0 Å². The van der Waals surface area contributed by atoms with Crippen LogP contribution >= 0.6 is 0 Å². The van der Waals surface area contributed by atoms with Crippen LogP contribution in [0, 0.1) is 11.7 Å². The third-order valence-electron chi connectivity index (χ3n) is 3.77. The number of hydrogen-bond acceptors (Lipinski definition) is 3. The van der Waals surface area contributed by atoms with E-state index >= 15 is 0 Å². The number of nitrogens with zero attached hydrogens (tertiary/aromatic N) is 1. The molecule has 0 saturated heterocycles. The van der Waals surface area contributed by atoms with Gasteiger partial charge in [0.05, 0.1) is 25.4 Å². The highest BCUT2D eigenvalue weighted by atomic mass is 19.1. The molecule has 3 rings (SSSR count). The first kappa shape index (κ1) is 12.2. The zero-order valence-electron chi connectivity index (χ0n) is 11.1. The van der Waals surface area contributed by atoms with E-state index in [1.54, 1.807) is 18.3 Å². The first-order valence-electron chi connectivity index (χ1n) is 6.51. The van der Waals surface area contributed by atoms with Gasteiger partial charge in [-0.1, -0.05) is 6.92 Å². The van der Waals surface area contributed by atoms with Crippen LogP contribution in [0.15, 0.2) is 18.3 Å². The monoisotopic (exact) mass is 261 g/mol. The topological polar surface area (TPSA) is 31.4 Å². The van der Waals surface area contributed by atoms with Crippen LogP contribution in [-0.2, 0) is 6.42 Å². The smallest absolute Gasteiger partial charge is 0.174 e. The lowest BCUT2D eigenvalue weighted by atomic mass is 9.92. The lowest BCUT2D eigenvalue weighted by Crippen LogP contribution is -2.20. The molecule has 0 saturated carbocycles. The minimum absolute atomic E-state index is 0.251. The van der Waals surface area contributed by atoms with Gasteiger partial charge in [-0.2, -0.15) is 0 Å². The van der Waals surface area contributed by atoms with E-state index in [2.05, 4.69) is 11.9 Å². The molecule has 1 aliphatic heterocycles. The number of methoxy groups -OCH3 is 1. The fourth-order valence-electron chi connectivity index (χ4n) is 2.57. The maximum atomic E-state index is 14.5. The van der Waals surface area contributed by atoms with Gasteiger partial charge in [0.25, 0.3) is 0 Å². The molecule has 1 aromatic carbocycles. The summed E-state index contributed by atoms with van der Waals surface area (Å²) in [6.45, 7) is 2.81. The van der Waals surface area contributed by atoms with Crippen LogP contribution in [-0.4, -0.2) is 18.7 Å². The van der Waals surface area contributed by atoms with Crippen LogP contribution in [0.4, 0.5) is 4.39 Å². The van der Waals surface area contributed by atoms with Crippen molar-refractivity contribution in [1.29, 1.82) is 0 Å². The Morgan fingerprint density at radius 2 is 2.32 bits per heavy atom. The summed E-state index contributed by atoms with van der Waals surface area (Å²) in [5, 5.41) is 0.537. The number of hydrogen-bond donors (Lipinski definition) is 0. The third-order valence-corrected chi connectivity index (χ3v) is 3.77. The summed E-state index contributed by atoms with van der Waals surface area (Å²) in [5.74, 6) is 1.04. The minimum atomic E-state index is -0.343. The second-order valence-electron chi connectivity index (χ2n) is 4.87.